The summed E-state index contributed by atoms with van der Waals surface area (Å²) in [7, 11) is 2.02. The summed E-state index contributed by atoms with van der Waals surface area (Å²) in [6, 6.07) is 5.58. The molecule has 0 spiro atoms. The molecule has 0 amide bonds. The fraction of sp³-hybridized carbons (Fsp3) is 0.417. The molecule has 0 unspecified atom stereocenters. The first-order valence-electron chi connectivity index (χ1n) is 5.22. The highest BCUT2D eigenvalue weighted by Crippen LogP contribution is 2.24. The van der Waals surface area contributed by atoms with Crippen molar-refractivity contribution < 1.29 is 0 Å². The van der Waals surface area contributed by atoms with Crippen LogP contribution >= 0.6 is 23.8 Å². The van der Waals surface area contributed by atoms with Crippen molar-refractivity contribution in [3.05, 3.63) is 28.8 Å². The van der Waals surface area contributed by atoms with Gasteiger partial charge in [-0.05, 0) is 24.1 Å². The molecule has 1 rings (SSSR count). The van der Waals surface area contributed by atoms with Crippen molar-refractivity contribution in [3.63, 3.8) is 0 Å². The van der Waals surface area contributed by atoms with E-state index in [2.05, 4.69) is 18.7 Å². The highest BCUT2D eigenvalue weighted by molar-refractivity contribution is 7.80. The van der Waals surface area contributed by atoms with Gasteiger partial charge in [-0.1, -0.05) is 37.7 Å². The Labute approximate surface area is 107 Å². The van der Waals surface area contributed by atoms with Gasteiger partial charge >= 0.3 is 0 Å². The van der Waals surface area contributed by atoms with Gasteiger partial charge in [0.25, 0.3) is 0 Å². The zero-order valence-corrected chi connectivity index (χ0v) is 11.4. The molecule has 4 heteroatoms. The molecule has 0 aliphatic carbocycles. The first kappa shape index (κ1) is 13.3. The molecule has 0 saturated heterocycles. The lowest BCUT2D eigenvalue weighted by molar-refractivity contribution is 0.638. The molecule has 0 aliphatic heterocycles. The minimum Gasteiger partial charge on any atom is -0.389 e. The summed E-state index contributed by atoms with van der Waals surface area (Å²) in [6.07, 6.45) is 0. The Morgan fingerprint density at radius 1 is 1.50 bits per heavy atom. The third-order valence-corrected chi connectivity index (χ3v) is 2.73. The molecule has 1 aromatic rings. The molecule has 1 aromatic carbocycles. The van der Waals surface area contributed by atoms with Gasteiger partial charge in [-0.15, -0.1) is 0 Å². The number of benzene rings is 1. The zero-order chi connectivity index (χ0) is 12.3. The third-order valence-electron chi connectivity index (χ3n) is 2.28. The van der Waals surface area contributed by atoms with Crippen molar-refractivity contribution in [1.82, 2.24) is 0 Å². The van der Waals surface area contributed by atoms with Crippen molar-refractivity contribution >= 4 is 34.5 Å². The topological polar surface area (TPSA) is 29.3 Å². The summed E-state index contributed by atoms with van der Waals surface area (Å²) in [5, 5.41) is 0.700. The molecule has 88 valence electrons. The number of nitrogens with zero attached hydrogens (tertiary/aromatic N) is 1. The second-order valence-corrected chi connectivity index (χ2v) is 5.18. The van der Waals surface area contributed by atoms with Crippen LogP contribution in [0.5, 0.6) is 0 Å². The molecule has 0 atom stereocenters. The van der Waals surface area contributed by atoms with Gasteiger partial charge in [0.05, 0.1) is 0 Å². The summed E-state index contributed by atoms with van der Waals surface area (Å²) >= 11 is 11.0. The van der Waals surface area contributed by atoms with Crippen LogP contribution in [0.1, 0.15) is 19.4 Å². The summed E-state index contributed by atoms with van der Waals surface area (Å²) in [4.78, 5) is 2.53. The Hall–Kier alpha value is -0.800. The molecule has 0 heterocycles. The number of rotatable bonds is 4. The van der Waals surface area contributed by atoms with Crippen molar-refractivity contribution in [2.24, 2.45) is 11.7 Å². The lowest BCUT2D eigenvalue weighted by Gasteiger charge is -2.24. The van der Waals surface area contributed by atoms with Gasteiger partial charge in [0.2, 0.25) is 0 Å². The van der Waals surface area contributed by atoms with E-state index in [0.29, 0.717) is 15.9 Å². The number of anilines is 1. The van der Waals surface area contributed by atoms with Gasteiger partial charge in [0.15, 0.2) is 0 Å². The SMILES string of the molecule is CC(C)CN(C)c1cc(Cl)ccc1C(N)=S. The predicted molar refractivity (Wildman–Crippen MR) is 75.4 cm³/mol. The van der Waals surface area contributed by atoms with E-state index in [-0.39, 0.29) is 0 Å². The fourth-order valence-corrected chi connectivity index (χ4v) is 2.01. The van der Waals surface area contributed by atoms with Crippen molar-refractivity contribution in [2.45, 2.75) is 13.8 Å². The van der Waals surface area contributed by atoms with Gasteiger partial charge in [-0.3, -0.25) is 0 Å². The van der Waals surface area contributed by atoms with E-state index in [1.54, 1.807) is 0 Å². The number of hydrogen-bond donors (Lipinski definition) is 1. The van der Waals surface area contributed by atoms with Crippen LogP contribution < -0.4 is 10.6 Å². The molecule has 0 fully saturated rings. The molecular formula is C12H17ClN2S. The van der Waals surface area contributed by atoms with Gasteiger partial charge in [-0.25, -0.2) is 0 Å². The minimum atomic E-state index is 0.405. The smallest absolute Gasteiger partial charge is 0.106 e. The highest BCUT2D eigenvalue weighted by Gasteiger charge is 2.11. The second-order valence-electron chi connectivity index (χ2n) is 4.30. The fourth-order valence-electron chi connectivity index (χ4n) is 1.68. The van der Waals surface area contributed by atoms with Crippen LogP contribution in [-0.2, 0) is 0 Å². The lowest BCUT2D eigenvalue weighted by Crippen LogP contribution is -2.25. The Morgan fingerprint density at radius 2 is 2.12 bits per heavy atom. The van der Waals surface area contributed by atoms with Gasteiger partial charge < -0.3 is 10.6 Å². The van der Waals surface area contributed by atoms with Gasteiger partial charge in [0.1, 0.15) is 4.99 Å². The maximum Gasteiger partial charge on any atom is 0.106 e. The Bertz CT molecular complexity index is 391. The quantitative estimate of drug-likeness (QED) is 0.840. The average molecular weight is 257 g/mol. The molecule has 0 radical (unpaired) electrons. The van der Waals surface area contributed by atoms with Crippen LogP contribution in [0.4, 0.5) is 5.69 Å². The molecule has 0 aromatic heterocycles. The van der Waals surface area contributed by atoms with Crippen LogP contribution in [0, 0.1) is 5.92 Å². The Balaban J connectivity index is 3.09. The molecule has 0 bridgehead atoms. The summed E-state index contributed by atoms with van der Waals surface area (Å²) in [6.45, 7) is 5.28. The number of hydrogen-bond acceptors (Lipinski definition) is 2. The summed E-state index contributed by atoms with van der Waals surface area (Å²) in [5.41, 5.74) is 7.57. The van der Waals surface area contributed by atoms with Crippen molar-refractivity contribution in [3.8, 4) is 0 Å². The number of halogens is 1. The maximum atomic E-state index is 5.99. The molecule has 0 saturated carbocycles. The summed E-state index contributed by atoms with van der Waals surface area (Å²) < 4.78 is 0. The van der Waals surface area contributed by atoms with Crippen LogP contribution in [0.15, 0.2) is 18.2 Å². The Kier molecular flexibility index (Phi) is 4.56. The minimum absolute atomic E-state index is 0.405. The second kappa shape index (κ2) is 5.51. The van der Waals surface area contributed by atoms with E-state index in [9.17, 15) is 0 Å². The monoisotopic (exact) mass is 256 g/mol. The van der Waals surface area contributed by atoms with Gasteiger partial charge in [0, 0.05) is 29.9 Å². The van der Waals surface area contributed by atoms with Crippen LogP contribution in [-0.4, -0.2) is 18.6 Å². The first-order chi connectivity index (χ1) is 7.41. The van der Waals surface area contributed by atoms with E-state index in [1.807, 2.05) is 25.2 Å². The molecule has 16 heavy (non-hydrogen) atoms. The average Bonchev–Trinajstić information content (AvgIpc) is 2.15. The molecule has 2 N–H and O–H groups in total. The zero-order valence-electron chi connectivity index (χ0n) is 9.83. The number of nitrogens with two attached hydrogens (primary N) is 1. The van der Waals surface area contributed by atoms with E-state index < -0.39 is 0 Å². The largest absolute Gasteiger partial charge is 0.389 e. The highest BCUT2D eigenvalue weighted by atomic mass is 35.5. The molecule has 0 aliphatic rings. The lowest BCUT2D eigenvalue weighted by atomic mass is 10.1. The molecular weight excluding hydrogens is 240 g/mol. The van der Waals surface area contributed by atoms with Crippen molar-refractivity contribution in [2.75, 3.05) is 18.5 Å². The standard InChI is InChI=1S/C12H17ClN2S/c1-8(2)7-15(3)11-6-9(13)4-5-10(11)12(14)16/h4-6,8H,7H2,1-3H3,(H2,14,16). The van der Waals surface area contributed by atoms with Crippen LogP contribution in [0.3, 0.4) is 0 Å². The molecule has 2 nitrogen and oxygen atoms in total. The predicted octanol–water partition coefficient (Wildman–Crippen LogP) is 3.07. The van der Waals surface area contributed by atoms with E-state index in [0.717, 1.165) is 17.8 Å². The first-order valence-corrected chi connectivity index (χ1v) is 6.01. The van der Waals surface area contributed by atoms with Crippen molar-refractivity contribution in [1.29, 1.82) is 0 Å². The summed E-state index contributed by atoms with van der Waals surface area (Å²) in [5.74, 6) is 0.572. The number of thiocarbonyl (C=S) groups is 1. The van der Waals surface area contributed by atoms with Crippen LogP contribution in [0.2, 0.25) is 5.02 Å². The van der Waals surface area contributed by atoms with E-state index in [4.69, 9.17) is 29.6 Å². The van der Waals surface area contributed by atoms with E-state index >= 15 is 0 Å². The Morgan fingerprint density at radius 3 is 2.62 bits per heavy atom. The third kappa shape index (κ3) is 3.35. The normalized spacial score (nSPS) is 10.6. The van der Waals surface area contributed by atoms with Crippen LogP contribution in [0.25, 0.3) is 0 Å². The maximum absolute atomic E-state index is 5.99. The van der Waals surface area contributed by atoms with Gasteiger partial charge in [-0.2, -0.15) is 0 Å². The van der Waals surface area contributed by atoms with E-state index in [1.165, 1.54) is 0 Å².